The first-order chi connectivity index (χ1) is 7.12. The maximum atomic E-state index is 11.4. The molecule has 2 fully saturated rings. The van der Waals surface area contributed by atoms with Gasteiger partial charge in [-0.15, -0.1) is 0 Å². The Morgan fingerprint density at radius 3 is 2.87 bits per heavy atom. The van der Waals surface area contributed by atoms with Crippen LogP contribution in [-0.2, 0) is 0 Å². The second-order valence-electron chi connectivity index (χ2n) is 5.16. The summed E-state index contributed by atoms with van der Waals surface area (Å²) in [6.45, 7) is 4.65. The summed E-state index contributed by atoms with van der Waals surface area (Å²) < 4.78 is 0. The summed E-state index contributed by atoms with van der Waals surface area (Å²) in [5.41, 5.74) is 5.38. The molecule has 1 saturated heterocycles. The van der Waals surface area contributed by atoms with Gasteiger partial charge in [-0.25, -0.2) is 4.79 Å². The Labute approximate surface area is 91.2 Å². The van der Waals surface area contributed by atoms with Crippen molar-refractivity contribution in [2.45, 2.75) is 38.1 Å². The van der Waals surface area contributed by atoms with Crippen molar-refractivity contribution in [1.29, 1.82) is 0 Å². The number of nitrogens with one attached hydrogen (secondary N) is 1. The third kappa shape index (κ3) is 2.09. The summed E-state index contributed by atoms with van der Waals surface area (Å²) in [5, 5.41) is 3.36. The van der Waals surface area contributed by atoms with Crippen molar-refractivity contribution in [2.75, 3.05) is 19.6 Å². The predicted octanol–water partition coefficient (Wildman–Crippen LogP) is 0.919. The minimum Gasteiger partial charge on any atom is -0.351 e. The third-order valence-electron chi connectivity index (χ3n) is 3.89. The number of amides is 2. The fourth-order valence-electron chi connectivity index (χ4n) is 2.79. The first-order valence-electron chi connectivity index (χ1n) is 5.90. The van der Waals surface area contributed by atoms with Gasteiger partial charge < -0.3 is 16.0 Å². The highest BCUT2D eigenvalue weighted by Crippen LogP contribution is 2.36. The van der Waals surface area contributed by atoms with Crippen LogP contribution in [0.2, 0.25) is 0 Å². The fourth-order valence-corrected chi connectivity index (χ4v) is 2.79. The lowest BCUT2D eigenvalue weighted by Crippen LogP contribution is -2.63. The summed E-state index contributed by atoms with van der Waals surface area (Å²) >= 11 is 0. The van der Waals surface area contributed by atoms with Gasteiger partial charge in [-0.3, -0.25) is 0 Å². The lowest BCUT2D eigenvalue weighted by Gasteiger charge is -2.47. The maximum absolute atomic E-state index is 11.4. The number of piperazine rings is 1. The molecule has 1 saturated carbocycles. The molecule has 0 bridgehead atoms. The van der Waals surface area contributed by atoms with Crippen molar-refractivity contribution < 1.29 is 4.79 Å². The number of rotatable bonds is 2. The van der Waals surface area contributed by atoms with E-state index in [0.717, 1.165) is 32.0 Å². The van der Waals surface area contributed by atoms with Crippen molar-refractivity contribution in [1.82, 2.24) is 10.2 Å². The van der Waals surface area contributed by atoms with Crippen molar-refractivity contribution >= 4 is 6.03 Å². The van der Waals surface area contributed by atoms with E-state index in [0.29, 0.717) is 0 Å². The normalized spacial score (nSPS) is 32.5. The van der Waals surface area contributed by atoms with Crippen LogP contribution in [0.5, 0.6) is 0 Å². The van der Waals surface area contributed by atoms with Gasteiger partial charge in [0.05, 0.1) is 5.54 Å². The molecule has 1 atom stereocenters. The van der Waals surface area contributed by atoms with E-state index in [1.54, 1.807) is 0 Å². The lowest BCUT2D eigenvalue weighted by molar-refractivity contribution is 0.0708. The molecular formula is C11H21N3O. The average Bonchev–Trinajstić information content (AvgIpc) is 2.12. The second kappa shape index (κ2) is 4.00. The van der Waals surface area contributed by atoms with E-state index in [1.807, 2.05) is 4.90 Å². The number of urea groups is 1. The van der Waals surface area contributed by atoms with Crippen LogP contribution in [0.25, 0.3) is 0 Å². The molecule has 2 aliphatic rings. The van der Waals surface area contributed by atoms with E-state index in [1.165, 1.54) is 19.3 Å². The number of hydrogen-bond donors (Lipinski definition) is 2. The zero-order valence-electron chi connectivity index (χ0n) is 9.46. The highest BCUT2D eigenvalue weighted by molar-refractivity contribution is 5.73. The first-order valence-corrected chi connectivity index (χ1v) is 5.90. The lowest BCUT2D eigenvalue weighted by atomic mass is 9.75. The number of carbonyl (C=O) groups excluding carboxylic acids is 1. The molecule has 1 aliphatic carbocycles. The molecular weight excluding hydrogens is 190 g/mol. The van der Waals surface area contributed by atoms with E-state index in [-0.39, 0.29) is 11.6 Å². The van der Waals surface area contributed by atoms with Crippen molar-refractivity contribution in [2.24, 2.45) is 11.7 Å². The predicted molar refractivity (Wildman–Crippen MR) is 59.5 cm³/mol. The Hall–Kier alpha value is -0.770. The third-order valence-corrected chi connectivity index (χ3v) is 3.89. The maximum Gasteiger partial charge on any atom is 0.315 e. The van der Waals surface area contributed by atoms with Gasteiger partial charge in [0.2, 0.25) is 0 Å². The standard InChI is InChI=1S/C11H21N3O/c1-11(7-9-3-2-4-9)8-13-5-6-14(11)10(12)15/h9,13H,2-8H2,1H3,(H2,12,15). The van der Waals surface area contributed by atoms with E-state index < -0.39 is 0 Å². The molecule has 0 aromatic carbocycles. The number of hydrogen-bond acceptors (Lipinski definition) is 2. The topological polar surface area (TPSA) is 58.4 Å². The molecule has 1 heterocycles. The van der Waals surface area contributed by atoms with Gasteiger partial charge in [-0.1, -0.05) is 19.3 Å². The summed E-state index contributed by atoms with van der Waals surface area (Å²) in [5.74, 6) is 0.803. The molecule has 3 N–H and O–H groups in total. The Bertz CT molecular complexity index is 252. The number of carbonyl (C=O) groups is 1. The smallest absolute Gasteiger partial charge is 0.315 e. The molecule has 1 unspecified atom stereocenters. The molecule has 0 aromatic rings. The van der Waals surface area contributed by atoms with Gasteiger partial charge in [-0.05, 0) is 19.3 Å². The van der Waals surface area contributed by atoms with Crippen LogP contribution >= 0.6 is 0 Å². The van der Waals surface area contributed by atoms with Crippen LogP contribution in [0.1, 0.15) is 32.6 Å². The van der Waals surface area contributed by atoms with Gasteiger partial charge in [0, 0.05) is 19.6 Å². The van der Waals surface area contributed by atoms with E-state index in [2.05, 4.69) is 12.2 Å². The SMILES string of the molecule is CC1(CC2CCC2)CNCCN1C(N)=O. The summed E-state index contributed by atoms with van der Waals surface area (Å²) in [6, 6.07) is -0.265. The molecule has 4 nitrogen and oxygen atoms in total. The van der Waals surface area contributed by atoms with Gasteiger partial charge in [0.15, 0.2) is 0 Å². The fraction of sp³-hybridized carbons (Fsp3) is 0.909. The van der Waals surface area contributed by atoms with Gasteiger partial charge >= 0.3 is 6.03 Å². The van der Waals surface area contributed by atoms with E-state index in [9.17, 15) is 4.79 Å². The highest BCUT2D eigenvalue weighted by atomic mass is 16.2. The largest absolute Gasteiger partial charge is 0.351 e. The van der Waals surface area contributed by atoms with Crippen LogP contribution in [0.3, 0.4) is 0 Å². The van der Waals surface area contributed by atoms with Crippen LogP contribution in [0.15, 0.2) is 0 Å². The number of primary amides is 1. The monoisotopic (exact) mass is 211 g/mol. The molecule has 4 heteroatoms. The van der Waals surface area contributed by atoms with Gasteiger partial charge in [0.25, 0.3) is 0 Å². The van der Waals surface area contributed by atoms with Crippen LogP contribution < -0.4 is 11.1 Å². The Morgan fingerprint density at radius 2 is 2.33 bits per heavy atom. The van der Waals surface area contributed by atoms with E-state index >= 15 is 0 Å². The average molecular weight is 211 g/mol. The van der Waals surface area contributed by atoms with Crippen LogP contribution in [-0.4, -0.2) is 36.1 Å². The Kier molecular flexibility index (Phi) is 2.87. The van der Waals surface area contributed by atoms with Crippen molar-refractivity contribution in [3.05, 3.63) is 0 Å². The Morgan fingerprint density at radius 1 is 1.60 bits per heavy atom. The van der Waals surface area contributed by atoms with Gasteiger partial charge in [0.1, 0.15) is 0 Å². The molecule has 86 valence electrons. The molecule has 0 radical (unpaired) electrons. The highest BCUT2D eigenvalue weighted by Gasteiger charge is 2.39. The van der Waals surface area contributed by atoms with Crippen LogP contribution in [0, 0.1) is 5.92 Å². The summed E-state index contributed by atoms with van der Waals surface area (Å²) in [6.07, 6.45) is 5.10. The quantitative estimate of drug-likeness (QED) is 0.713. The molecule has 0 spiro atoms. The van der Waals surface area contributed by atoms with E-state index in [4.69, 9.17) is 5.73 Å². The molecule has 2 rings (SSSR count). The minimum absolute atomic E-state index is 0.0603. The zero-order valence-corrected chi connectivity index (χ0v) is 9.46. The minimum atomic E-state index is -0.265. The van der Waals surface area contributed by atoms with Gasteiger partial charge in [-0.2, -0.15) is 0 Å². The van der Waals surface area contributed by atoms with Crippen molar-refractivity contribution in [3.8, 4) is 0 Å². The summed E-state index contributed by atoms with van der Waals surface area (Å²) in [4.78, 5) is 13.2. The zero-order chi connectivity index (χ0) is 10.9. The molecule has 15 heavy (non-hydrogen) atoms. The second-order valence-corrected chi connectivity index (χ2v) is 5.16. The first kappa shape index (κ1) is 10.7. The number of nitrogens with two attached hydrogens (primary N) is 1. The molecule has 1 aliphatic heterocycles. The van der Waals surface area contributed by atoms with Crippen LogP contribution in [0.4, 0.5) is 4.79 Å². The number of nitrogens with zero attached hydrogens (tertiary/aromatic N) is 1. The molecule has 2 amide bonds. The Balaban J connectivity index is 2.02. The summed E-state index contributed by atoms with van der Waals surface area (Å²) in [7, 11) is 0. The molecule has 0 aromatic heterocycles. The van der Waals surface area contributed by atoms with Crippen molar-refractivity contribution in [3.63, 3.8) is 0 Å².